The number of aromatic nitrogens is 2. The number of nitrogens with zero attached hydrogens (tertiary/aromatic N) is 2. The van der Waals surface area contributed by atoms with Crippen molar-refractivity contribution in [2.24, 2.45) is 0 Å². The van der Waals surface area contributed by atoms with Crippen molar-refractivity contribution >= 4 is 63.7 Å². The number of carbonyl (C=O) groups is 5. The quantitative estimate of drug-likeness (QED) is 0.0837. The monoisotopic (exact) mass is 974 g/mol. The number of hydrogen-bond acceptors (Lipinski definition) is 9. The number of benzene rings is 4. The van der Waals surface area contributed by atoms with E-state index in [9.17, 15) is 29.1 Å². The zero-order valence-electron chi connectivity index (χ0n) is 41.7. The number of fused-ring (bicyclic) bond motifs is 10. The lowest BCUT2D eigenvalue weighted by Crippen LogP contribution is -2.34. The molecule has 0 atom stereocenters. The summed E-state index contributed by atoms with van der Waals surface area (Å²) in [5.74, 6) is 0.0929. The van der Waals surface area contributed by atoms with Gasteiger partial charge in [-0.05, 0) is 133 Å². The van der Waals surface area contributed by atoms with Gasteiger partial charge in [0.25, 0.3) is 0 Å². The van der Waals surface area contributed by atoms with Gasteiger partial charge in [-0.2, -0.15) is 0 Å². The van der Waals surface area contributed by atoms with Crippen molar-refractivity contribution in [3.8, 4) is 34.0 Å². The van der Waals surface area contributed by atoms with E-state index < -0.39 is 17.9 Å². The maximum Gasteiger partial charge on any atom is 0.337 e. The van der Waals surface area contributed by atoms with Gasteiger partial charge in [-0.3, -0.25) is 9.59 Å². The van der Waals surface area contributed by atoms with E-state index in [2.05, 4.69) is 25.8 Å². The Kier molecular flexibility index (Phi) is 14.7. The molecule has 2 amide bonds. The van der Waals surface area contributed by atoms with Gasteiger partial charge in [-0.25, -0.2) is 14.4 Å². The molecule has 3 N–H and O–H groups in total. The molecule has 4 aromatic carbocycles. The summed E-state index contributed by atoms with van der Waals surface area (Å²) in [5, 5.41) is 17.8. The SMILES string of the molecule is COC(=O)c1ccc2c(C3CCCCC3)c3n(c2c1)CC(C(=O)NCCNC(C)=O)=Cc1cc(OC)ccc1-3.COC(=O)c1ccc2c(C3CCCCC3)c3n(c2c1)CC(C(=O)O)=Cc1cc(OC)ccc1-3. The van der Waals surface area contributed by atoms with Crippen molar-refractivity contribution in [2.75, 3.05) is 41.5 Å². The number of carboxylic acid groups (broad SMARTS) is 1. The number of amides is 2. The van der Waals surface area contributed by atoms with Crippen molar-refractivity contribution in [2.45, 2.75) is 96.1 Å². The second kappa shape index (κ2) is 21.4. The van der Waals surface area contributed by atoms with Crippen molar-refractivity contribution < 1.29 is 48.0 Å². The van der Waals surface area contributed by atoms with Gasteiger partial charge in [0.1, 0.15) is 11.5 Å². The van der Waals surface area contributed by atoms with E-state index in [0.717, 1.165) is 81.1 Å². The smallest absolute Gasteiger partial charge is 0.337 e. The van der Waals surface area contributed by atoms with Gasteiger partial charge in [0.05, 0.1) is 69.6 Å². The van der Waals surface area contributed by atoms with E-state index in [1.165, 1.54) is 70.8 Å². The first kappa shape index (κ1) is 49.4. The normalized spacial score (nSPS) is 15.4. The Morgan fingerprint density at radius 3 is 1.44 bits per heavy atom. The summed E-state index contributed by atoms with van der Waals surface area (Å²) >= 11 is 0. The van der Waals surface area contributed by atoms with Crippen LogP contribution in [0.2, 0.25) is 0 Å². The highest BCUT2D eigenvalue weighted by Crippen LogP contribution is 2.49. The maximum atomic E-state index is 13.4. The van der Waals surface area contributed by atoms with Crippen molar-refractivity contribution in [1.82, 2.24) is 19.8 Å². The average molecular weight is 975 g/mol. The molecule has 2 fully saturated rings. The number of hydrogen-bond donors (Lipinski definition) is 3. The zero-order valence-corrected chi connectivity index (χ0v) is 41.7. The van der Waals surface area contributed by atoms with Crippen LogP contribution in [0, 0.1) is 0 Å². The lowest BCUT2D eigenvalue weighted by molar-refractivity contribution is -0.132. The molecule has 374 valence electrons. The van der Waals surface area contributed by atoms with Crippen molar-refractivity contribution in [1.29, 1.82) is 0 Å². The summed E-state index contributed by atoms with van der Waals surface area (Å²) in [6, 6.07) is 23.2. The van der Waals surface area contributed by atoms with Crippen LogP contribution in [-0.4, -0.2) is 85.5 Å². The Labute approximate surface area is 419 Å². The number of rotatable bonds is 11. The Hall–Kier alpha value is -7.61. The second-order valence-corrected chi connectivity index (χ2v) is 19.1. The van der Waals surface area contributed by atoms with Crippen LogP contribution in [-0.2, 0) is 36.9 Å². The van der Waals surface area contributed by atoms with E-state index >= 15 is 0 Å². The Morgan fingerprint density at radius 2 is 1.01 bits per heavy atom. The lowest BCUT2D eigenvalue weighted by Gasteiger charge is -2.24. The molecule has 4 heterocycles. The largest absolute Gasteiger partial charge is 0.497 e. The molecule has 10 rings (SSSR count). The van der Waals surface area contributed by atoms with Gasteiger partial charge in [0, 0.05) is 58.5 Å². The Balaban J connectivity index is 0.000000180. The number of carboxylic acids is 1. The predicted octanol–water partition coefficient (Wildman–Crippen LogP) is 10.4. The molecule has 0 spiro atoms. The summed E-state index contributed by atoms with van der Waals surface area (Å²) in [4.78, 5) is 61.6. The van der Waals surface area contributed by atoms with Gasteiger partial charge in [-0.1, -0.05) is 50.7 Å². The third kappa shape index (κ3) is 9.74. The van der Waals surface area contributed by atoms with Gasteiger partial charge >= 0.3 is 17.9 Å². The fourth-order valence-electron chi connectivity index (χ4n) is 11.4. The van der Waals surface area contributed by atoms with Gasteiger partial charge in [0.2, 0.25) is 11.8 Å². The minimum Gasteiger partial charge on any atom is -0.497 e. The van der Waals surface area contributed by atoms with E-state index in [1.807, 2.05) is 72.8 Å². The van der Waals surface area contributed by atoms with Gasteiger partial charge in [-0.15, -0.1) is 0 Å². The topological polar surface area (TPSA) is 176 Å². The summed E-state index contributed by atoms with van der Waals surface area (Å²) in [6.07, 6.45) is 15.3. The van der Waals surface area contributed by atoms with Crippen LogP contribution < -0.4 is 20.1 Å². The summed E-state index contributed by atoms with van der Waals surface area (Å²) in [7, 11) is 6.00. The van der Waals surface area contributed by atoms with E-state index in [1.54, 1.807) is 20.3 Å². The zero-order chi connectivity index (χ0) is 50.6. The van der Waals surface area contributed by atoms with Gasteiger partial charge < -0.3 is 43.8 Å². The lowest BCUT2D eigenvalue weighted by atomic mass is 9.81. The maximum absolute atomic E-state index is 13.4. The van der Waals surface area contributed by atoms with Crippen molar-refractivity contribution in [3.63, 3.8) is 0 Å². The van der Waals surface area contributed by atoms with Gasteiger partial charge in [0.15, 0.2) is 0 Å². The van der Waals surface area contributed by atoms with E-state index in [0.29, 0.717) is 65.2 Å². The fraction of sp³-hybridized carbons (Fsp3) is 0.362. The summed E-state index contributed by atoms with van der Waals surface area (Å²) < 4.78 is 25.2. The molecule has 4 aliphatic rings. The van der Waals surface area contributed by atoms with Crippen molar-refractivity contribution in [3.05, 3.63) is 117 Å². The molecule has 6 aromatic rings. The predicted molar refractivity (Wildman–Crippen MR) is 277 cm³/mol. The number of methoxy groups -OCH3 is 4. The second-order valence-electron chi connectivity index (χ2n) is 19.1. The number of aliphatic carboxylic acids is 1. The molecule has 2 saturated carbocycles. The third-order valence-electron chi connectivity index (χ3n) is 14.8. The first-order chi connectivity index (χ1) is 34.9. The van der Waals surface area contributed by atoms with E-state index in [-0.39, 0.29) is 18.4 Å². The van der Waals surface area contributed by atoms with Crippen LogP contribution in [0.4, 0.5) is 0 Å². The fourth-order valence-corrected chi connectivity index (χ4v) is 11.4. The highest BCUT2D eigenvalue weighted by Gasteiger charge is 2.33. The summed E-state index contributed by atoms with van der Waals surface area (Å²) in [5.41, 5.74) is 12.0. The molecule has 0 bridgehead atoms. The summed E-state index contributed by atoms with van der Waals surface area (Å²) in [6.45, 7) is 2.68. The Morgan fingerprint density at radius 1 is 0.569 bits per heavy atom. The molecule has 2 aliphatic carbocycles. The minimum absolute atomic E-state index is 0.140. The molecule has 14 nitrogen and oxygen atoms in total. The first-order valence-electron chi connectivity index (χ1n) is 25.0. The molecule has 14 heteroatoms. The molecule has 72 heavy (non-hydrogen) atoms. The Bertz CT molecular complexity index is 3180. The van der Waals surface area contributed by atoms with Crippen LogP contribution in [0.1, 0.15) is 126 Å². The third-order valence-corrected chi connectivity index (χ3v) is 14.8. The van der Waals surface area contributed by atoms with Crippen LogP contribution in [0.3, 0.4) is 0 Å². The first-order valence-corrected chi connectivity index (χ1v) is 25.0. The number of nitrogens with one attached hydrogen (secondary N) is 2. The minimum atomic E-state index is -0.957. The number of ether oxygens (including phenoxy) is 4. The molecular weight excluding hydrogens is 913 g/mol. The molecule has 2 aliphatic heterocycles. The van der Waals surface area contributed by atoms with E-state index in [4.69, 9.17) is 18.9 Å². The van der Waals surface area contributed by atoms with Crippen LogP contribution >= 0.6 is 0 Å². The standard InChI is InChI=1S/C31H35N3O5.C27H27NO5/c1-19(35)32-13-14-33-30(36)23-15-22-16-24(38-2)10-12-25(22)29-28(20-7-5-4-6-8-20)26-11-9-21(31(37)39-3)17-27(26)34(29)18-23;1-32-20-9-11-21-18(13-20)12-19(26(29)30)15-28-23-14-17(27(31)33-2)8-10-22(23)24(25(21)28)16-6-4-3-5-7-16/h9-12,15-17,20H,4-8,13-14,18H2,1-3H3,(H,32,35)(H,33,36);8-14,16H,3-7,15H2,1-2H3,(H,29,30). The average Bonchev–Trinajstić information content (AvgIpc) is 3.75. The highest BCUT2D eigenvalue weighted by molar-refractivity contribution is 6.05. The number of carbonyl (C=O) groups excluding carboxylic acids is 4. The molecule has 0 saturated heterocycles. The molecule has 2 aromatic heterocycles. The van der Waals surface area contributed by atoms with Crippen LogP contribution in [0.15, 0.2) is 83.9 Å². The molecular formula is C58H62N4O10. The highest BCUT2D eigenvalue weighted by atomic mass is 16.5. The number of esters is 2. The molecule has 0 radical (unpaired) electrons. The molecule has 0 unspecified atom stereocenters. The van der Waals surface area contributed by atoms with Crippen LogP contribution in [0.5, 0.6) is 11.5 Å². The van der Waals surface area contributed by atoms with Crippen LogP contribution in [0.25, 0.3) is 56.5 Å².